The molecule has 1 aliphatic heterocycles. The highest BCUT2D eigenvalue weighted by atomic mass is 32.1. The Balaban J connectivity index is 2.12. The van der Waals surface area contributed by atoms with Crippen LogP contribution in [0.1, 0.15) is 5.56 Å². The van der Waals surface area contributed by atoms with Crippen LogP contribution in [-0.2, 0) is 11.2 Å². The number of aromatic nitrogens is 1. The zero-order valence-electron chi connectivity index (χ0n) is 9.30. The van der Waals surface area contributed by atoms with Gasteiger partial charge >= 0.3 is 0 Å². The summed E-state index contributed by atoms with van der Waals surface area (Å²) in [5.74, 6) is 0.430. The standard InChI is InChI=1S/C11H13N3O2S/c1-16-9-5-7(2-3-12-9)4-8-6-13-11(17)14-10(8)15/h2-3,5-6,11,13,17H,4H2,1H3,(H,14,15). The summed E-state index contributed by atoms with van der Waals surface area (Å²) in [5.41, 5.74) is 1.31. The Hall–Kier alpha value is -1.69. The lowest BCUT2D eigenvalue weighted by atomic mass is 10.1. The SMILES string of the molecule is COc1cc(CC2=CNC(S)NC2=O)ccn1. The van der Waals surface area contributed by atoms with Gasteiger partial charge in [-0.15, -0.1) is 12.6 Å². The van der Waals surface area contributed by atoms with E-state index in [1.54, 1.807) is 25.6 Å². The van der Waals surface area contributed by atoms with Crippen molar-refractivity contribution < 1.29 is 9.53 Å². The minimum atomic E-state index is -0.321. The first-order valence-electron chi connectivity index (χ1n) is 5.12. The van der Waals surface area contributed by atoms with Crippen LogP contribution < -0.4 is 15.4 Å². The second kappa shape index (κ2) is 5.09. The van der Waals surface area contributed by atoms with Crippen molar-refractivity contribution in [3.05, 3.63) is 35.7 Å². The molecule has 0 spiro atoms. The molecule has 1 aliphatic rings. The maximum absolute atomic E-state index is 11.6. The number of pyridine rings is 1. The monoisotopic (exact) mass is 251 g/mol. The van der Waals surface area contributed by atoms with Gasteiger partial charge in [0.1, 0.15) is 5.50 Å². The van der Waals surface area contributed by atoms with Crippen LogP contribution in [-0.4, -0.2) is 23.5 Å². The van der Waals surface area contributed by atoms with Gasteiger partial charge in [-0.05, 0) is 11.6 Å². The number of carbonyl (C=O) groups excluding carboxylic acids is 1. The molecule has 17 heavy (non-hydrogen) atoms. The molecule has 0 fully saturated rings. The number of thiol groups is 1. The summed E-state index contributed by atoms with van der Waals surface area (Å²) in [7, 11) is 1.56. The van der Waals surface area contributed by atoms with Gasteiger partial charge in [0.05, 0.1) is 7.11 Å². The zero-order chi connectivity index (χ0) is 12.3. The fourth-order valence-electron chi connectivity index (χ4n) is 1.53. The molecule has 0 bridgehead atoms. The quantitative estimate of drug-likeness (QED) is 0.683. The molecule has 0 saturated carbocycles. The molecule has 0 aromatic carbocycles. The topological polar surface area (TPSA) is 63.2 Å². The lowest BCUT2D eigenvalue weighted by molar-refractivity contribution is -0.118. The number of rotatable bonds is 3. The first-order valence-corrected chi connectivity index (χ1v) is 5.63. The second-order valence-corrected chi connectivity index (χ2v) is 4.11. The molecule has 90 valence electrons. The van der Waals surface area contributed by atoms with Gasteiger partial charge in [0.2, 0.25) is 5.88 Å². The number of hydrogen-bond acceptors (Lipinski definition) is 5. The summed E-state index contributed by atoms with van der Waals surface area (Å²) in [6.45, 7) is 0. The van der Waals surface area contributed by atoms with E-state index in [2.05, 4.69) is 28.2 Å². The Morgan fingerprint density at radius 1 is 1.59 bits per heavy atom. The highest BCUT2D eigenvalue weighted by Crippen LogP contribution is 2.14. The highest BCUT2D eigenvalue weighted by molar-refractivity contribution is 7.80. The van der Waals surface area contributed by atoms with E-state index in [4.69, 9.17) is 4.74 Å². The van der Waals surface area contributed by atoms with E-state index in [-0.39, 0.29) is 11.4 Å². The van der Waals surface area contributed by atoms with E-state index in [0.29, 0.717) is 17.9 Å². The molecule has 5 nitrogen and oxygen atoms in total. The molecule has 0 radical (unpaired) electrons. The van der Waals surface area contributed by atoms with Crippen molar-refractivity contribution in [3.8, 4) is 5.88 Å². The van der Waals surface area contributed by atoms with Gasteiger partial charge in [0.25, 0.3) is 5.91 Å². The first-order chi connectivity index (χ1) is 8.19. The number of methoxy groups -OCH3 is 1. The number of carbonyl (C=O) groups is 1. The Morgan fingerprint density at radius 3 is 3.12 bits per heavy atom. The number of hydrogen-bond donors (Lipinski definition) is 3. The third kappa shape index (κ3) is 2.91. The lowest BCUT2D eigenvalue weighted by Crippen LogP contribution is -2.44. The van der Waals surface area contributed by atoms with Gasteiger partial charge in [0, 0.05) is 30.5 Å². The van der Waals surface area contributed by atoms with Crippen LogP contribution in [0.25, 0.3) is 0 Å². The molecule has 0 saturated heterocycles. The number of nitrogens with one attached hydrogen (secondary N) is 2. The molecule has 2 N–H and O–H groups in total. The predicted octanol–water partition coefficient (Wildman–Crippen LogP) is 0.449. The molecule has 1 atom stereocenters. The molecule has 1 aromatic heterocycles. The molecule has 6 heteroatoms. The van der Waals surface area contributed by atoms with Crippen LogP contribution in [0.5, 0.6) is 5.88 Å². The van der Waals surface area contributed by atoms with E-state index >= 15 is 0 Å². The van der Waals surface area contributed by atoms with E-state index in [1.165, 1.54) is 0 Å². The summed E-state index contributed by atoms with van der Waals surface area (Å²) >= 11 is 4.10. The number of ether oxygens (including phenoxy) is 1. The van der Waals surface area contributed by atoms with Crippen LogP contribution in [0.2, 0.25) is 0 Å². The second-order valence-electron chi connectivity index (χ2n) is 3.60. The van der Waals surface area contributed by atoms with Gasteiger partial charge < -0.3 is 15.4 Å². The van der Waals surface area contributed by atoms with Crippen molar-refractivity contribution in [2.45, 2.75) is 11.9 Å². The Bertz CT molecular complexity index is 462. The molecule has 2 rings (SSSR count). The lowest BCUT2D eigenvalue weighted by Gasteiger charge is -2.21. The van der Waals surface area contributed by atoms with Crippen molar-refractivity contribution in [2.24, 2.45) is 0 Å². The maximum Gasteiger partial charge on any atom is 0.251 e. The number of amides is 1. The van der Waals surface area contributed by atoms with E-state index in [0.717, 1.165) is 5.56 Å². The fraction of sp³-hybridized carbons (Fsp3) is 0.273. The van der Waals surface area contributed by atoms with Crippen LogP contribution >= 0.6 is 12.6 Å². The van der Waals surface area contributed by atoms with E-state index in [1.807, 2.05) is 6.07 Å². The molecule has 1 unspecified atom stereocenters. The Kier molecular flexibility index (Phi) is 3.53. The van der Waals surface area contributed by atoms with Gasteiger partial charge in [-0.1, -0.05) is 0 Å². The van der Waals surface area contributed by atoms with Crippen molar-refractivity contribution in [1.29, 1.82) is 0 Å². The van der Waals surface area contributed by atoms with Crippen molar-refractivity contribution in [2.75, 3.05) is 7.11 Å². The predicted molar refractivity (Wildman–Crippen MR) is 66.6 cm³/mol. The van der Waals surface area contributed by atoms with E-state index in [9.17, 15) is 4.79 Å². The van der Waals surface area contributed by atoms with Crippen molar-refractivity contribution >= 4 is 18.5 Å². The molecule has 1 aromatic rings. The molecular formula is C11H13N3O2S. The summed E-state index contributed by atoms with van der Waals surface area (Å²) in [6, 6.07) is 3.66. The smallest absolute Gasteiger partial charge is 0.251 e. The molecular weight excluding hydrogens is 238 g/mol. The van der Waals surface area contributed by atoms with Crippen molar-refractivity contribution in [1.82, 2.24) is 15.6 Å². The highest BCUT2D eigenvalue weighted by Gasteiger charge is 2.17. The first kappa shape index (κ1) is 11.8. The van der Waals surface area contributed by atoms with Gasteiger partial charge in [-0.25, -0.2) is 4.98 Å². The maximum atomic E-state index is 11.6. The summed E-state index contributed by atoms with van der Waals surface area (Å²) in [5, 5.41) is 5.61. The Morgan fingerprint density at radius 2 is 2.41 bits per heavy atom. The van der Waals surface area contributed by atoms with Gasteiger partial charge in [0.15, 0.2) is 0 Å². The van der Waals surface area contributed by atoms with Gasteiger partial charge in [-0.3, -0.25) is 4.79 Å². The fourth-order valence-corrected chi connectivity index (χ4v) is 1.72. The van der Waals surface area contributed by atoms with Crippen LogP contribution in [0, 0.1) is 0 Å². The molecule has 0 aliphatic carbocycles. The van der Waals surface area contributed by atoms with Crippen LogP contribution in [0.3, 0.4) is 0 Å². The average Bonchev–Trinajstić information content (AvgIpc) is 2.33. The molecule has 1 amide bonds. The van der Waals surface area contributed by atoms with E-state index < -0.39 is 0 Å². The largest absolute Gasteiger partial charge is 0.481 e. The summed E-state index contributed by atoms with van der Waals surface area (Å²) < 4.78 is 5.03. The van der Waals surface area contributed by atoms with Crippen LogP contribution in [0.4, 0.5) is 0 Å². The minimum Gasteiger partial charge on any atom is -0.481 e. The van der Waals surface area contributed by atoms with Crippen molar-refractivity contribution in [3.63, 3.8) is 0 Å². The minimum absolute atomic E-state index is 0.112. The zero-order valence-corrected chi connectivity index (χ0v) is 10.2. The Labute approximate surface area is 105 Å². The average molecular weight is 251 g/mol. The number of nitrogens with zero attached hydrogens (tertiary/aromatic N) is 1. The third-order valence-electron chi connectivity index (χ3n) is 2.38. The summed E-state index contributed by atoms with van der Waals surface area (Å²) in [4.78, 5) is 15.7. The summed E-state index contributed by atoms with van der Waals surface area (Å²) in [6.07, 6.45) is 3.87. The van der Waals surface area contributed by atoms with Gasteiger partial charge in [-0.2, -0.15) is 0 Å². The molecule has 2 heterocycles. The normalized spacial score (nSPS) is 19.1. The van der Waals surface area contributed by atoms with Crippen LogP contribution in [0.15, 0.2) is 30.1 Å². The third-order valence-corrected chi connectivity index (χ3v) is 2.66.